The van der Waals surface area contributed by atoms with Gasteiger partial charge in [0.2, 0.25) is 0 Å². The van der Waals surface area contributed by atoms with Gasteiger partial charge in [0, 0.05) is 0 Å². The van der Waals surface area contributed by atoms with Gasteiger partial charge in [-0.25, -0.2) is 4.79 Å². The molecule has 0 bridgehead atoms. The SMILES string of the molecule is CCCCOC(=O)N[C@@H](CCSC)C(N)=S. The first-order valence-electron chi connectivity index (χ1n) is 5.33. The summed E-state index contributed by atoms with van der Waals surface area (Å²) in [4.78, 5) is 11.6. The average Bonchev–Trinajstić information content (AvgIpc) is 2.24. The highest BCUT2D eigenvalue weighted by atomic mass is 32.2. The maximum absolute atomic E-state index is 11.3. The molecule has 1 amide bonds. The molecule has 0 aromatic rings. The van der Waals surface area contributed by atoms with Crippen LogP contribution in [0.5, 0.6) is 0 Å². The Morgan fingerprint density at radius 1 is 1.62 bits per heavy atom. The predicted molar refractivity (Wildman–Crippen MR) is 73.0 cm³/mol. The van der Waals surface area contributed by atoms with Crippen molar-refractivity contribution in [3.63, 3.8) is 0 Å². The molecule has 0 aliphatic heterocycles. The number of unbranched alkanes of at least 4 members (excludes halogenated alkanes) is 1. The molecule has 0 saturated heterocycles. The van der Waals surface area contributed by atoms with E-state index in [0.717, 1.165) is 25.0 Å². The Hall–Kier alpha value is -0.490. The number of rotatable bonds is 8. The molecular weight excluding hydrogens is 244 g/mol. The summed E-state index contributed by atoms with van der Waals surface area (Å²) >= 11 is 6.57. The molecule has 0 spiro atoms. The molecule has 4 nitrogen and oxygen atoms in total. The number of thiocarbonyl (C=S) groups is 1. The Morgan fingerprint density at radius 3 is 2.81 bits per heavy atom. The minimum atomic E-state index is -0.438. The van der Waals surface area contributed by atoms with E-state index < -0.39 is 6.09 Å². The van der Waals surface area contributed by atoms with E-state index in [1.807, 2.05) is 13.2 Å². The van der Waals surface area contributed by atoms with E-state index in [9.17, 15) is 4.79 Å². The predicted octanol–water partition coefficient (Wildman–Crippen LogP) is 1.92. The van der Waals surface area contributed by atoms with Crippen molar-refractivity contribution >= 4 is 35.1 Å². The van der Waals surface area contributed by atoms with Crippen molar-refractivity contribution in [3.8, 4) is 0 Å². The van der Waals surface area contributed by atoms with Gasteiger partial charge in [-0.1, -0.05) is 25.6 Å². The summed E-state index contributed by atoms with van der Waals surface area (Å²) in [7, 11) is 0. The standard InChI is InChI=1S/C10H20N2O2S2/c1-3-4-6-14-10(13)12-8(9(11)15)5-7-16-2/h8H,3-7H2,1-2H3,(H2,11,15)(H,12,13)/t8-/m0/s1. The molecule has 94 valence electrons. The van der Waals surface area contributed by atoms with Crippen LogP contribution < -0.4 is 11.1 Å². The van der Waals surface area contributed by atoms with E-state index in [4.69, 9.17) is 22.7 Å². The van der Waals surface area contributed by atoms with E-state index in [2.05, 4.69) is 5.32 Å². The fourth-order valence-corrected chi connectivity index (χ4v) is 1.66. The van der Waals surface area contributed by atoms with E-state index in [1.54, 1.807) is 11.8 Å². The van der Waals surface area contributed by atoms with Crippen LogP contribution in [0.3, 0.4) is 0 Å². The fourth-order valence-electron chi connectivity index (χ4n) is 1.01. The van der Waals surface area contributed by atoms with Crippen LogP contribution in [0.15, 0.2) is 0 Å². The lowest BCUT2D eigenvalue weighted by molar-refractivity contribution is 0.143. The summed E-state index contributed by atoms with van der Waals surface area (Å²) in [6.07, 6.45) is 4.16. The van der Waals surface area contributed by atoms with Crippen molar-refractivity contribution in [2.75, 3.05) is 18.6 Å². The lowest BCUT2D eigenvalue weighted by Gasteiger charge is -2.16. The van der Waals surface area contributed by atoms with Gasteiger partial charge in [0.1, 0.15) is 0 Å². The van der Waals surface area contributed by atoms with E-state index in [-0.39, 0.29) is 6.04 Å². The first-order chi connectivity index (χ1) is 7.61. The first kappa shape index (κ1) is 15.5. The summed E-state index contributed by atoms with van der Waals surface area (Å²) in [6.45, 7) is 2.48. The van der Waals surface area contributed by atoms with Crippen molar-refractivity contribution in [1.29, 1.82) is 0 Å². The van der Waals surface area contributed by atoms with Crippen LogP contribution in [-0.2, 0) is 4.74 Å². The third-order valence-corrected chi connectivity index (χ3v) is 2.91. The molecule has 0 unspecified atom stereocenters. The van der Waals surface area contributed by atoms with Crippen LogP contribution in [0.2, 0.25) is 0 Å². The van der Waals surface area contributed by atoms with E-state index in [1.165, 1.54) is 0 Å². The van der Waals surface area contributed by atoms with E-state index in [0.29, 0.717) is 11.6 Å². The zero-order valence-corrected chi connectivity index (χ0v) is 11.5. The largest absolute Gasteiger partial charge is 0.450 e. The number of carbonyl (C=O) groups is 1. The lowest BCUT2D eigenvalue weighted by Crippen LogP contribution is -2.44. The average molecular weight is 264 g/mol. The molecule has 6 heteroatoms. The Kier molecular flexibility index (Phi) is 9.42. The minimum absolute atomic E-state index is 0.267. The third-order valence-electron chi connectivity index (χ3n) is 1.98. The van der Waals surface area contributed by atoms with Crippen LogP contribution in [0.4, 0.5) is 4.79 Å². The second-order valence-corrected chi connectivity index (χ2v) is 4.83. The molecule has 0 aromatic carbocycles. The van der Waals surface area contributed by atoms with Crippen LogP contribution in [0.1, 0.15) is 26.2 Å². The number of hydrogen-bond acceptors (Lipinski definition) is 4. The maximum atomic E-state index is 11.3. The van der Waals surface area contributed by atoms with Crippen molar-refractivity contribution < 1.29 is 9.53 Å². The Bertz CT molecular complexity index is 225. The summed E-state index contributed by atoms with van der Waals surface area (Å²) in [5, 5.41) is 2.67. The van der Waals surface area contributed by atoms with Gasteiger partial charge in [0.25, 0.3) is 0 Å². The van der Waals surface area contributed by atoms with Gasteiger partial charge in [0.05, 0.1) is 17.6 Å². The molecular formula is C10H20N2O2S2. The number of thioether (sulfide) groups is 1. The molecule has 0 heterocycles. The highest BCUT2D eigenvalue weighted by Crippen LogP contribution is 2.01. The van der Waals surface area contributed by atoms with Gasteiger partial charge in [-0.15, -0.1) is 0 Å². The number of nitrogens with one attached hydrogen (secondary N) is 1. The van der Waals surface area contributed by atoms with Crippen molar-refractivity contribution in [1.82, 2.24) is 5.32 Å². The van der Waals surface area contributed by atoms with Gasteiger partial charge < -0.3 is 15.8 Å². The zero-order chi connectivity index (χ0) is 12.4. The quantitative estimate of drug-likeness (QED) is 0.518. The molecule has 0 saturated carbocycles. The normalized spacial score (nSPS) is 11.9. The first-order valence-corrected chi connectivity index (χ1v) is 7.13. The molecule has 3 N–H and O–H groups in total. The van der Waals surface area contributed by atoms with Gasteiger partial charge in [-0.05, 0) is 24.9 Å². The number of carbonyl (C=O) groups excluding carboxylic acids is 1. The van der Waals surface area contributed by atoms with Gasteiger partial charge in [-0.3, -0.25) is 0 Å². The van der Waals surface area contributed by atoms with Crippen LogP contribution >= 0.6 is 24.0 Å². The lowest BCUT2D eigenvalue weighted by atomic mass is 10.2. The van der Waals surface area contributed by atoms with Crippen molar-refractivity contribution in [2.24, 2.45) is 5.73 Å². The van der Waals surface area contributed by atoms with Gasteiger partial charge >= 0.3 is 6.09 Å². The molecule has 16 heavy (non-hydrogen) atoms. The highest BCUT2D eigenvalue weighted by molar-refractivity contribution is 7.98. The highest BCUT2D eigenvalue weighted by Gasteiger charge is 2.15. The summed E-state index contributed by atoms with van der Waals surface area (Å²) in [5.74, 6) is 0.900. The molecule has 0 radical (unpaired) electrons. The summed E-state index contributed by atoms with van der Waals surface area (Å²) < 4.78 is 4.97. The molecule has 0 aliphatic carbocycles. The third kappa shape index (κ3) is 7.76. The van der Waals surface area contributed by atoms with Gasteiger partial charge in [0.15, 0.2) is 0 Å². The van der Waals surface area contributed by atoms with Crippen LogP contribution in [0, 0.1) is 0 Å². The van der Waals surface area contributed by atoms with Crippen LogP contribution in [-0.4, -0.2) is 35.7 Å². The Morgan fingerprint density at radius 2 is 2.31 bits per heavy atom. The number of nitrogens with two attached hydrogens (primary N) is 1. The van der Waals surface area contributed by atoms with Crippen molar-refractivity contribution in [2.45, 2.75) is 32.2 Å². The number of hydrogen-bond donors (Lipinski definition) is 2. The zero-order valence-electron chi connectivity index (χ0n) is 9.82. The second-order valence-electron chi connectivity index (χ2n) is 3.37. The smallest absolute Gasteiger partial charge is 0.407 e. The molecule has 0 aromatic heterocycles. The number of amides is 1. The Labute approximate surface area is 107 Å². The summed E-state index contributed by atoms with van der Waals surface area (Å²) in [5.41, 5.74) is 5.53. The fraction of sp³-hybridized carbons (Fsp3) is 0.800. The molecule has 1 atom stereocenters. The topological polar surface area (TPSA) is 64.3 Å². The van der Waals surface area contributed by atoms with E-state index >= 15 is 0 Å². The number of alkyl carbamates (subject to hydrolysis) is 1. The monoisotopic (exact) mass is 264 g/mol. The molecule has 0 fully saturated rings. The number of ether oxygens (including phenoxy) is 1. The Balaban J connectivity index is 3.88. The minimum Gasteiger partial charge on any atom is -0.450 e. The second kappa shape index (κ2) is 9.72. The molecule has 0 rings (SSSR count). The van der Waals surface area contributed by atoms with Crippen LogP contribution in [0.25, 0.3) is 0 Å². The van der Waals surface area contributed by atoms with Gasteiger partial charge in [-0.2, -0.15) is 11.8 Å². The van der Waals surface area contributed by atoms with Crippen molar-refractivity contribution in [3.05, 3.63) is 0 Å². The molecule has 0 aliphatic rings. The summed E-state index contributed by atoms with van der Waals surface area (Å²) in [6, 6.07) is -0.267. The maximum Gasteiger partial charge on any atom is 0.407 e.